The maximum Gasteiger partial charge on any atom is 0.435 e. The molecule has 8 nitrogen and oxygen atoms in total. The number of carbonyl (C=O) groups excluding carboxylic acids is 1. The smallest absolute Gasteiger partial charge is 0.435 e. The summed E-state index contributed by atoms with van der Waals surface area (Å²) in [6.45, 7) is 3.02. The van der Waals surface area contributed by atoms with Gasteiger partial charge in [-0.2, -0.15) is 23.0 Å². The molecular weight excluding hydrogens is 521 g/mol. The summed E-state index contributed by atoms with van der Waals surface area (Å²) in [6.07, 6.45) is -3.28. The summed E-state index contributed by atoms with van der Waals surface area (Å²) in [6, 6.07) is 18.3. The molecule has 4 rings (SSSR count). The molecule has 0 atom stereocenters. The number of hydrogen-bond acceptors (Lipinski definition) is 6. The molecule has 0 unspecified atom stereocenters. The molecule has 0 radical (unpaired) electrons. The van der Waals surface area contributed by atoms with Gasteiger partial charge in [-0.05, 0) is 60.2 Å². The largest absolute Gasteiger partial charge is 0.467 e. The fraction of sp³-hybridized carbons (Fsp3) is 0.0769. The number of nitrogens with one attached hydrogen (secondary N) is 1. The molecule has 38 heavy (non-hydrogen) atoms. The summed E-state index contributed by atoms with van der Waals surface area (Å²) in [5, 5.41) is 6.12. The van der Waals surface area contributed by atoms with Gasteiger partial charge >= 0.3 is 6.18 Å². The first-order valence-corrected chi connectivity index (χ1v) is 12.5. The molecule has 0 saturated carbocycles. The first-order chi connectivity index (χ1) is 18.0. The van der Waals surface area contributed by atoms with E-state index >= 15 is 0 Å². The number of nitrogens with two attached hydrogens (primary N) is 1. The zero-order valence-corrected chi connectivity index (χ0v) is 20.5. The Morgan fingerprint density at radius 1 is 1.03 bits per heavy atom. The van der Waals surface area contributed by atoms with Crippen molar-refractivity contribution < 1.29 is 31.1 Å². The van der Waals surface area contributed by atoms with Crippen LogP contribution >= 0.6 is 0 Å². The van der Waals surface area contributed by atoms with E-state index in [1.54, 1.807) is 18.2 Å². The topological polar surface area (TPSA) is 116 Å². The number of hydrogen-bond donors (Lipinski definition) is 2. The van der Waals surface area contributed by atoms with Gasteiger partial charge in [0.15, 0.2) is 12.3 Å². The van der Waals surface area contributed by atoms with Gasteiger partial charge in [-0.3, -0.25) is 4.79 Å². The van der Waals surface area contributed by atoms with Gasteiger partial charge in [-0.25, -0.2) is 8.42 Å². The van der Waals surface area contributed by atoms with E-state index < -0.39 is 34.2 Å². The second-order valence-electron chi connectivity index (χ2n) is 7.97. The van der Waals surface area contributed by atoms with Gasteiger partial charge in [-0.15, -0.1) is 0 Å². The Hall–Kier alpha value is -4.58. The number of para-hydroxylation sites is 1. The lowest BCUT2D eigenvalue weighted by atomic mass is 10.2. The van der Waals surface area contributed by atoms with E-state index in [0.29, 0.717) is 17.3 Å². The van der Waals surface area contributed by atoms with E-state index in [9.17, 15) is 26.4 Å². The van der Waals surface area contributed by atoms with Crippen LogP contribution in [-0.4, -0.2) is 30.7 Å². The fourth-order valence-electron chi connectivity index (χ4n) is 3.47. The van der Waals surface area contributed by atoms with Crippen LogP contribution in [0.15, 0.2) is 95.2 Å². The minimum absolute atomic E-state index is 0.000913. The number of sulfone groups is 1. The summed E-state index contributed by atoms with van der Waals surface area (Å²) in [5.41, 5.74) is 5.89. The molecule has 0 spiro atoms. The van der Waals surface area contributed by atoms with Gasteiger partial charge in [0.05, 0.1) is 15.5 Å². The van der Waals surface area contributed by atoms with E-state index in [1.165, 1.54) is 60.7 Å². The summed E-state index contributed by atoms with van der Waals surface area (Å²) in [4.78, 5) is 12.5. The average molecular weight is 543 g/mol. The molecule has 1 heterocycles. The van der Waals surface area contributed by atoms with Crippen molar-refractivity contribution in [2.75, 3.05) is 17.7 Å². The number of rotatable bonds is 8. The van der Waals surface area contributed by atoms with E-state index in [4.69, 9.17) is 10.5 Å². The van der Waals surface area contributed by atoms with Crippen LogP contribution in [0.3, 0.4) is 0 Å². The Kier molecular flexibility index (Phi) is 7.26. The van der Waals surface area contributed by atoms with Gasteiger partial charge in [-0.1, -0.05) is 30.9 Å². The third-order valence-corrected chi connectivity index (χ3v) is 7.13. The van der Waals surface area contributed by atoms with Crippen molar-refractivity contribution in [3.63, 3.8) is 0 Å². The van der Waals surface area contributed by atoms with E-state index in [2.05, 4.69) is 17.0 Å². The van der Waals surface area contributed by atoms with Crippen molar-refractivity contribution in [2.45, 2.75) is 16.0 Å². The molecule has 0 bridgehead atoms. The molecule has 0 fully saturated rings. The van der Waals surface area contributed by atoms with E-state index in [-0.39, 0.29) is 27.0 Å². The summed E-state index contributed by atoms with van der Waals surface area (Å²) in [5.74, 6) is -0.982. The van der Waals surface area contributed by atoms with Gasteiger partial charge in [0.2, 0.25) is 15.7 Å². The van der Waals surface area contributed by atoms with Crippen LogP contribution in [0.2, 0.25) is 0 Å². The van der Waals surface area contributed by atoms with Crippen LogP contribution in [0.1, 0.15) is 11.3 Å². The number of ether oxygens (including phenoxy) is 1. The molecule has 1 aromatic heterocycles. The maximum atomic E-state index is 13.3. The van der Waals surface area contributed by atoms with E-state index in [0.717, 1.165) is 4.68 Å². The van der Waals surface area contributed by atoms with Crippen LogP contribution in [-0.2, 0) is 20.8 Å². The third-order valence-electron chi connectivity index (χ3n) is 5.34. The maximum absolute atomic E-state index is 13.3. The predicted octanol–water partition coefficient (Wildman–Crippen LogP) is 4.97. The Bertz CT molecular complexity index is 1580. The highest BCUT2D eigenvalue weighted by Crippen LogP contribution is 2.33. The first kappa shape index (κ1) is 26.5. The molecule has 12 heteroatoms. The molecular formula is C26H21F3N4O4S. The van der Waals surface area contributed by atoms with E-state index in [1.807, 2.05) is 0 Å². The summed E-state index contributed by atoms with van der Waals surface area (Å²) in [7, 11) is -3.80. The number of nitrogens with zero attached hydrogens (tertiary/aromatic N) is 2. The Balaban J connectivity index is 1.48. The minimum Gasteiger partial charge on any atom is -0.467 e. The van der Waals surface area contributed by atoms with Crippen LogP contribution in [0.4, 0.5) is 24.5 Å². The normalized spacial score (nSPS) is 11.7. The van der Waals surface area contributed by atoms with Crippen LogP contribution < -0.4 is 15.8 Å². The first-order valence-electron chi connectivity index (χ1n) is 11.0. The lowest BCUT2D eigenvalue weighted by molar-refractivity contribution is -0.141. The molecule has 0 aliphatic carbocycles. The monoisotopic (exact) mass is 542 g/mol. The predicted molar refractivity (Wildman–Crippen MR) is 136 cm³/mol. The number of halogens is 3. The highest BCUT2D eigenvalue weighted by molar-refractivity contribution is 7.91. The average Bonchev–Trinajstić information content (AvgIpc) is 3.33. The van der Waals surface area contributed by atoms with Gasteiger partial charge in [0, 0.05) is 17.4 Å². The number of aromatic nitrogens is 2. The van der Waals surface area contributed by atoms with Gasteiger partial charge in [0.25, 0.3) is 5.91 Å². The number of carbonyl (C=O) groups is 1. The molecule has 0 saturated heterocycles. The zero-order valence-electron chi connectivity index (χ0n) is 19.6. The molecule has 0 aliphatic heterocycles. The quantitative estimate of drug-likeness (QED) is 0.304. The summed E-state index contributed by atoms with van der Waals surface area (Å²) < 4.78 is 71.9. The minimum atomic E-state index is -4.73. The van der Waals surface area contributed by atoms with Crippen molar-refractivity contribution in [2.24, 2.45) is 0 Å². The zero-order chi connectivity index (χ0) is 27.5. The SMILES string of the molecule is C=Cc1ccccc1-n1nc(C(F)(F)F)cc1OCC(=O)Nc1ccc(S(=O)(=O)c2ccc(N)cc2)cc1. The molecule has 0 aliphatic rings. The third kappa shape index (κ3) is 5.70. The molecule has 196 valence electrons. The van der Waals surface area contributed by atoms with Crippen molar-refractivity contribution in [3.05, 3.63) is 96.7 Å². The van der Waals surface area contributed by atoms with Crippen LogP contribution in [0.25, 0.3) is 11.8 Å². The highest BCUT2D eigenvalue weighted by Gasteiger charge is 2.36. The molecule has 1 amide bonds. The lowest BCUT2D eigenvalue weighted by Gasteiger charge is -2.12. The highest BCUT2D eigenvalue weighted by atomic mass is 32.2. The van der Waals surface area contributed by atoms with Crippen molar-refractivity contribution in [1.82, 2.24) is 9.78 Å². The summed E-state index contributed by atoms with van der Waals surface area (Å²) >= 11 is 0. The van der Waals surface area contributed by atoms with Crippen molar-refractivity contribution in [3.8, 4) is 11.6 Å². The van der Waals surface area contributed by atoms with Crippen LogP contribution in [0, 0.1) is 0 Å². The lowest BCUT2D eigenvalue weighted by Crippen LogP contribution is -2.21. The van der Waals surface area contributed by atoms with Gasteiger partial charge < -0.3 is 15.8 Å². The second kappa shape index (κ2) is 10.4. The fourth-order valence-corrected chi connectivity index (χ4v) is 4.73. The second-order valence-corrected chi connectivity index (χ2v) is 9.92. The molecule has 3 aromatic carbocycles. The Labute approximate surface area is 216 Å². The number of anilines is 2. The Morgan fingerprint density at radius 2 is 1.63 bits per heavy atom. The number of amides is 1. The van der Waals surface area contributed by atoms with Gasteiger partial charge in [0.1, 0.15) is 0 Å². The number of benzene rings is 3. The molecule has 3 N–H and O–H groups in total. The number of alkyl halides is 3. The Morgan fingerprint density at radius 3 is 2.24 bits per heavy atom. The standard InChI is InChI=1S/C26H21F3N4O4S/c1-2-17-5-3-4-6-22(17)33-25(15-23(32-33)26(27,28)29)37-16-24(34)31-19-9-13-21(14-10-19)38(35,36)20-11-7-18(30)8-12-20/h2-15H,1,16,30H2,(H,31,34). The van der Waals surface area contributed by atoms with Crippen molar-refractivity contribution >= 4 is 33.2 Å². The molecule has 4 aromatic rings. The van der Waals surface area contributed by atoms with Crippen LogP contribution in [0.5, 0.6) is 5.88 Å². The van der Waals surface area contributed by atoms with Crippen molar-refractivity contribution in [1.29, 1.82) is 0 Å². The number of nitrogen functional groups attached to an aromatic ring is 1.